The topological polar surface area (TPSA) is 64.7 Å². The number of thioether (sulfide) groups is 1. The highest BCUT2D eigenvalue weighted by atomic mass is 32.2. The van der Waals surface area contributed by atoms with E-state index in [1.54, 1.807) is 18.9 Å². The maximum Gasteiger partial charge on any atom is 0.161 e. The van der Waals surface area contributed by atoms with Crippen molar-refractivity contribution in [3.63, 3.8) is 0 Å². The molecule has 0 aliphatic carbocycles. The third kappa shape index (κ3) is 5.61. The molecule has 0 spiro atoms. The Bertz CT molecular complexity index is 451. The van der Waals surface area contributed by atoms with Gasteiger partial charge in [0.15, 0.2) is 11.5 Å². The van der Waals surface area contributed by atoms with E-state index < -0.39 is 0 Å². The largest absolute Gasteiger partial charge is 0.493 e. The van der Waals surface area contributed by atoms with Gasteiger partial charge in [0.1, 0.15) is 0 Å². The van der Waals surface area contributed by atoms with E-state index in [9.17, 15) is 0 Å². The Balaban J connectivity index is 2.82. The summed E-state index contributed by atoms with van der Waals surface area (Å²) in [6.07, 6.45) is 3.55. The van der Waals surface area contributed by atoms with Crippen molar-refractivity contribution >= 4 is 17.3 Å². The normalized spacial score (nSPS) is 12.0. The first-order valence-electron chi connectivity index (χ1n) is 6.99. The number of aliphatic hydroxyl groups excluding tert-OH is 1. The fourth-order valence-corrected chi connectivity index (χ4v) is 2.36. The number of nitrogens with two attached hydrogens (primary N) is 1. The van der Waals surface area contributed by atoms with Crippen LogP contribution in [-0.2, 0) is 0 Å². The third-order valence-electron chi connectivity index (χ3n) is 3.17. The van der Waals surface area contributed by atoms with E-state index >= 15 is 0 Å². The molecule has 118 valence electrons. The molecule has 0 amide bonds. The van der Waals surface area contributed by atoms with E-state index in [-0.39, 0.29) is 12.6 Å². The van der Waals surface area contributed by atoms with Gasteiger partial charge in [0.2, 0.25) is 0 Å². The molecule has 5 heteroatoms. The van der Waals surface area contributed by atoms with Crippen LogP contribution in [0.25, 0.3) is 5.57 Å². The molecule has 3 N–H and O–H groups in total. The van der Waals surface area contributed by atoms with Gasteiger partial charge in [-0.15, -0.1) is 0 Å². The Hall–Kier alpha value is -1.17. The van der Waals surface area contributed by atoms with Crippen molar-refractivity contribution in [1.82, 2.24) is 0 Å². The van der Waals surface area contributed by atoms with Crippen LogP contribution < -0.4 is 15.2 Å². The van der Waals surface area contributed by atoms with Crippen LogP contribution in [0.5, 0.6) is 11.5 Å². The second-order valence-electron chi connectivity index (χ2n) is 4.70. The Morgan fingerprint density at radius 3 is 2.81 bits per heavy atom. The summed E-state index contributed by atoms with van der Waals surface area (Å²) in [5.41, 5.74) is 8.02. The van der Waals surface area contributed by atoms with E-state index in [0.29, 0.717) is 24.5 Å². The third-order valence-corrected chi connectivity index (χ3v) is 3.82. The maximum absolute atomic E-state index is 8.82. The van der Waals surface area contributed by atoms with Crippen LogP contribution in [0.15, 0.2) is 24.8 Å². The molecule has 0 heterocycles. The van der Waals surface area contributed by atoms with Crippen LogP contribution in [0.1, 0.15) is 18.4 Å². The SMILES string of the molecule is C=C(c1ccc(OC)c(OCCCO)c1)[C@@H](N)CCSC. The van der Waals surface area contributed by atoms with Gasteiger partial charge in [0, 0.05) is 19.1 Å². The highest BCUT2D eigenvalue weighted by Crippen LogP contribution is 2.31. The van der Waals surface area contributed by atoms with Gasteiger partial charge in [-0.2, -0.15) is 11.8 Å². The molecule has 21 heavy (non-hydrogen) atoms. The maximum atomic E-state index is 8.82. The summed E-state index contributed by atoms with van der Waals surface area (Å²) in [5, 5.41) is 8.82. The Labute approximate surface area is 131 Å². The molecule has 0 radical (unpaired) electrons. The van der Waals surface area contributed by atoms with E-state index in [4.69, 9.17) is 20.3 Å². The number of aliphatic hydroxyl groups is 1. The van der Waals surface area contributed by atoms with Crippen molar-refractivity contribution in [2.75, 3.05) is 32.3 Å². The smallest absolute Gasteiger partial charge is 0.161 e. The lowest BCUT2D eigenvalue weighted by molar-refractivity contribution is 0.228. The fraction of sp³-hybridized carbons (Fsp3) is 0.500. The molecule has 1 aromatic rings. The van der Waals surface area contributed by atoms with Gasteiger partial charge >= 0.3 is 0 Å². The molecule has 0 fully saturated rings. The van der Waals surface area contributed by atoms with Crippen molar-refractivity contribution < 1.29 is 14.6 Å². The molecule has 0 aliphatic heterocycles. The van der Waals surface area contributed by atoms with Crippen LogP contribution >= 0.6 is 11.8 Å². The first-order valence-corrected chi connectivity index (χ1v) is 8.38. The number of hydrogen-bond donors (Lipinski definition) is 2. The number of ether oxygens (including phenoxy) is 2. The van der Waals surface area contributed by atoms with E-state index in [1.807, 2.05) is 18.2 Å². The average molecular weight is 311 g/mol. The number of benzene rings is 1. The molecular formula is C16H25NO3S. The molecule has 0 aromatic heterocycles. The predicted molar refractivity (Wildman–Crippen MR) is 90.2 cm³/mol. The summed E-state index contributed by atoms with van der Waals surface area (Å²) in [4.78, 5) is 0. The van der Waals surface area contributed by atoms with Gasteiger partial charge in [-0.05, 0) is 41.7 Å². The standard InChI is InChI=1S/C16H25NO3S/c1-12(14(17)7-10-21-3)13-5-6-15(19-2)16(11-13)20-9-4-8-18/h5-6,11,14,18H,1,4,7-10,17H2,2-3H3/t14-/m0/s1. The van der Waals surface area contributed by atoms with Crippen LogP contribution in [0.2, 0.25) is 0 Å². The Morgan fingerprint density at radius 1 is 1.43 bits per heavy atom. The average Bonchev–Trinajstić information content (AvgIpc) is 2.52. The molecule has 0 unspecified atom stereocenters. The van der Waals surface area contributed by atoms with Crippen LogP contribution in [-0.4, -0.2) is 43.5 Å². The van der Waals surface area contributed by atoms with Crippen LogP contribution in [0.4, 0.5) is 0 Å². The number of hydrogen-bond acceptors (Lipinski definition) is 5. The molecule has 1 rings (SSSR count). The van der Waals surface area contributed by atoms with Crippen molar-refractivity contribution in [3.05, 3.63) is 30.3 Å². The summed E-state index contributed by atoms with van der Waals surface area (Å²) >= 11 is 1.78. The minimum absolute atomic E-state index is 0.0591. The summed E-state index contributed by atoms with van der Waals surface area (Å²) in [5.74, 6) is 2.33. The second-order valence-corrected chi connectivity index (χ2v) is 5.69. The molecule has 1 atom stereocenters. The first-order chi connectivity index (χ1) is 10.1. The van der Waals surface area contributed by atoms with Gasteiger partial charge in [-0.25, -0.2) is 0 Å². The lowest BCUT2D eigenvalue weighted by atomic mass is 9.98. The molecule has 0 saturated carbocycles. The van der Waals surface area contributed by atoms with Crippen LogP contribution in [0, 0.1) is 0 Å². The summed E-state index contributed by atoms with van der Waals surface area (Å²) in [6, 6.07) is 5.64. The zero-order valence-corrected chi connectivity index (χ0v) is 13.6. The lowest BCUT2D eigenvalue weighted by Gasteiger charge is -2.17. The van der Waals surface area contributed by atoms with Gasteiger partial charge in [0.05, 0.1) is 13.7 Å². The molecule has 0 bridgehead atoms. The summed E-state index contributed by atoms with van der Waals surface area (Å²) in [6.45, 7) is 4.65. The van der Waals surface area contributed by atoms with Gasteiger partial charge in [-0.3, -0.25) is 0 Å². The van der Waals surface area contributed by atoms with Gasteiger partial charge < -0.3 is 20.3 Å². The molecule has 1 aromatic carbocycles. The van der Waals surface area contributed by atoms with Crippen molar-refractivity contribution in [1.29, 1.82) is 0 Å². The van der Waals surface area contributed by atoms with Crippen molar-refractivity contribution in [2.45, 2.75) is 18.9 Å². The van der Waals surface area contributed by atoms with Crippen molar-refractivity contribution in [3.8, 4) is 11.5 Å². The quantitative estimate of drug-likeness (QED) is 0.650. The van der Waals surface area contributed by atoms with Crippen molar-refractivity contribution in [2.24, 2.45) is 5.73 Å². The molecular weight excluding hydrogens is 286 g/mol. The summed E-state index contributed by atoms with van der Waals surface area (Å²) < 4.78 is 10.9. The lowest BCUT2D eigenvalue weighted by Crippen LogP contribution is -2.22. The summed E-state index contributed by atoms with van der Waals surface area (Å²) in [7, 11) is 1.60. The molecule has 4 nitrogen and oxygen atoms in total. The second kappa shape index (κ2) is 9.71. The zero-order valence-electron chi connectivity index (χ0n) is 12.8. The minimum Gasteiger partial charge on any atom is -0.493 e. The van der Waals surface area contributed by atoms with Gasteiger partial charge in [-0.1, -0.05) is 12.6 Å². The number of methoxy groups -OCH3 is 1. The monoisotopic (exact) mass is 311 g/mol. The molecule has 0 aliphatic rings. The fourth-order valence-electron chi connectivity index (χ4n) is 1.87. The minimum atomic E-state index is -0.0591. The van der Waals surface area contributed by atoms with E-state index in [1.165, 1.54) is 0 Å². The van der Waals surface area contributed by atoms with Gasteiger partial charge in [0.25, 0.3) is 0 Å². The number of rotatable bonds is 10. The van der Waals surface area contributed by atoms with Crippen LogP contribution in [0.3, 0.4) is 0 Å². The Kier molecular flexibility index (Phi) is 8.27. The zero-order chi connectivity index (χ0) is 15.7. The predicted octanol–water partition coefficient (Wildman–Crippen LogP) is 2.55. The van der Waals surface area contributed by atoms with E-state index in [2.05, 4.69) is 12.8 Å². The van der Waals surface area contributed by atoms with E-state index in [0.717, 1.165) is 23.3 Å². The highest BCUT2D eigenvalue weighted by Gasteiger charge is 2.12. The molecule has 0 saturated heterocycles. The Morgan fingerprint density at radius 2 is 2.19 bits per heavy atom. The highest BCUT2D eigenvalue weighted by molar-refractivity contribution is 7.98. The first kappa shape index (κ1) is 17.9.